The van der Waals surface area contributed by atoms with Gasteiger partial charge in [0, 0.05) is 88.0 Å². The van der Waals surface area contributed by atoms with E-state index in [1.54, 1.807) is 0 Å². The van der Waals surface area contributed by atoms with Crippen LogP contribution in [0.5, 0.6) is 0 Å². The van der Waals surface area contributed by atoms with Crippen molar-refractivity contribution in [1.82, 2.24) is 0 Å². The highest BCUT2D eigenvalue weighted by Gasteiger charge is 2.22. The van der Waals surface area contributed by atoms with Gasteiger partial charge in [-0.1, -0.05) is 206 Å². The average Bonchev–Trinajstić information content (AvgIpc) is 1.47. The predicted octanol–water partition coefficient (Wildman–Crippen LogP) is 26.9. The molecule has 0 fully saturated rings. The second-order valence-electron chi connectivity index (χ2n) is 25.5. The molecule has 20 rings (SSSR count). The number of anilines is 6. The highest BCUT2D eigenvalue weighted by molar-refractivity contribution is 6.13. The van der Waals surface area contributed by atoms with Crippen molar-refractivity contribution < 1.29 is 17.7 Å². The number of hydrogen-bond acceptors (Lipinski definition) is 6. The Labute approximate surface area is 562 Å². The van der Waals surface area contributed by atoms with E-state index in [-0.39, 0.29) is 0 Å². The van der Waals surface area contributed by atoms with Crippen molar-refractivity contribution in [1.29, 1.82) is 0 Å². The molecule has 0 N–H and O–H groups in total. The molecule has 0 unspecified atom stereocenters. The van der Waals surface area contributed by atoms with Gasteiger partial charge in [0.15, 0.2) is 0 Å². The van der Waals surface area contributed by atoms with Crippen LogP contribution in [-0.2, 0) is 0 Å². The van der Waals surface area contributed by atoms with Crippen LogP contribution in [0.3, 0.4) is 0 Å². The molecule has 0 saturated carbocycles. The summed E-state index contributed by atoms with van der Waals surface area (Å²) in [6.45, 7) is 0. The second-order valence-corrected chi connectivity index (χ2v) is 25.5. The summed E-state index contributed by atoms with van der Waals surface area (Å²) in [6.07, 6.45) is 0. The summed E-state index contributed by atoms with van der Waals surface area (Å²) >= 11 is 0. The molecule has 0 spiro atoms. The third kappa shape index (κ3) is 9.18. The van der Waals surface area contributed by atoms with Crippen LogP contribution in [0.4, 0.5) is 34.1 Å². The van der Waals surface area contributed by atoms with Gasteiger partial charge in [-0.05, 0) is 194 Å². The number of para-hydroxylation sites is 5. The van der Waals surface area contributed by atoms with E-state index in [2.05, 4.69) is 307 Å². The second kappa shape index (κ2) is 22.2. The Balaban J connectivity index is 0.658. The number of fused-ring (bicyclic) bond motifs is 14. The van der Waals surface area contributed by atoms with Crippen LogP contribution >= 0.6 is 0 Å². The lowest BCUT2D eigenvalue weighted by Crippen LogP contribution is -2.10. The molecule has 4 heterocycles. The maximum atomic E-state index is 6.84. The van der Waals surface area contributed by atoms with Crippen LogP contribution in [0, 0.1) is 0 Å². The number of hydrogen-bond donors (Lipinski definition) is 0. The molecule has 0 amide bonds. The lowest BCUT2D eigenvalue weighted by atomic mass is 9.94. The van der Waals surface area contributed by atoms with Crippen molar-refractivity contribution in [3.8, 4) is 55.6 Å². The number of benzene rings is 16. The molecular weight excluding hydrogens is 1200 g/mol. The summed E-state index contributed by atoms with van der Waals surface area (Å²) in [6, 6.07) is 122. The first-order chi connectivity index (χ1) is 48.5. The summed E-state index contributed by atoms with van der Waals surface area (Å²) in [7, 11) is 0. The monoisotopic (exact) mass is 1250 g/mol. The summed E-state index contributed by atoms with van der Waals surface area (Å²) in [5.74, 6) is 0. The standard InChI is InChI=1S/C92H56N2O4/c1-2-15-73-59(13-1)14-11-22-84(73)94(70-42-31-58(32-43-70)66-39-50-80-76-17-4-8-24-86(76)96-90(80)56-66)71-46-35-61(36-47-71)82-53-67(54-83-78-19-6-10-26-88(78)98-92(82)83)63-27-28-64-52-72(48-37-62(64)51-63)93(68-40-29-57(30-41-68)65-38-49-79-75-16-3-7-23-85(75)95-89(79)55-65)69-44-33-60(34-45-69)74-20-12-21-81-77-18-5-9-25-87(77)97-91(74)81/h1-56H. The molecule has 0 atom stereocenters. The van der Waals surface area contributed by atoms with Crippen LogP contribution in [0.25, 0.3) is 165 Å². The Morgan fingerprint density at radius 3 is 1.15 bits per heavy atom. The van der Waals surface area contributed by atoms with Gasteiger partial charge in [-0.25, -0.2) is 0 Å². The maximum Gasteiger partial charge on any atom is 0.143 e. The van der Waals surface area contributed by atoms with Gasteiger partial charge in [-0.3, -0.25) is 0 Å². The zero-order valence-corrected chi connectivity index (χ0v) is 52.9. The van der Waals surface area contributed by atoms with E-state index >= 15 is 0 Å². The van der Waals surface area contributed by atoms with Gasteiger partial charge in [0.2, 0.25) is 0 Å². The maximum absolute atomic E-state index is 6.84. The van der Waals surface area contributed by atoms with Gasteiger partial charge < -0.3 is 27.5 Å². The van der Waals surface area contributed by atoms with E-state index in [1.165, 1.54) is 10.8 Å². The molecular formula is C92H56N2O4. The van der Waals surface area contributed by atoms with Gasteiger partial charge in [-0.2, -0.15) is 0 Å². The van der Waals surface area contributed by atoms with E-state index in [9.17, 15) is 0 Å². The van der Waals surface area contributed by atoms with E-state index in [0.29, 0.717) is 0 Å². The highest BCUT2D eigenvalue weighted by atomic mass is 16.3. The van der Waals surface area contributed by atoms with Gasteiger partial charge in [-0.15, -0.1) is 0 Å². The molecule has 0 saturated heterocycles. The summed E-state index contributed by atoms with van der Waals surface area (Å²) in [4.78, 5) is 4.72. The van der Waals surface area contributed by atoms with E-state index in [0.717, 1.165) is 188 Å². The first kappa shape index (κ1) is 55.3. The normalized spacial score (nSPS) is 11.9. The topological polar surface area (TPSA) is 59.0 Å². The van der Waals surface area contributed by atoms with Crippen molar-refractivity contribution in [2.45, 2.75) is 0 Å². The Hall–Kier alpha value is -13.2. The van der Waals surface area contributed by atoms with Crippen molar-refractivity contribution >= 4 is 143 Å². The predicted molar refractivity (Wildman–Crippen MR) is 407 cm³/mol. The summed E-state index contributed by atoms with van der Waals surface area (Å²) in [5.41, 5.74) is 24.2. The van der Waals surface area contributed by atoms with Crippen LogP contribution in [0.15, 0.2) is 357 Å². The smallest absolute Gasteiger partial charge is 0.143 e. The quantitative estimate of drug-likeness (QED) is 0.129. The molecule has 0 bridgehead atoms. The van der Waals surface area contributed by atoms with Gasteiger partial charge in [0.25, 0.3) is 0 Å². The molecule has 4 aromatic heterocycles. The molecule has 458 valence electrons. The van der Waals surface area contributed by atoms with Crippen molar-refractivity contribution in [3.05, 3.63) is 340 Å². The van der Waals surface area contributed by atoms with Crippen LogP contribution in [0.1, 0.15) is 0 Å². The van der Waals surface area contributed by atoms with Crippen LogP contribution in [0.2, 0.25) is 0 Å². The SMILES string of the molecule is c1ccc2c(N(c3ccc(-c4ccc5c(c4)oc4ccccc45)cc3)c3ccc(-c4cc(-c5ccc6cc(N(c7ccc(-c8ccc9c(c8)oc8ccccc89)cc7)c7ccc(-c8cccc9c8oc8ccccc89)cc7)ccc6c5)cc5c4oc4ccccc45)cc3)cccc2c1. The van der Waals surface area contributed by atoms with E-state index in [4.69, 9.17) is 17.7 Å². The fraction of sp³-hybridized carbons (Fsp3) is 0. The Morgan fingerprint density at radius 1 is 0.173 bits per heavy atom. The number of rotatable bonds is 11. The summed E-state index contributed by atoms with van der Waals surface area (Å²) < 4.78 is 26.0. The first-order valence-corrected chi connectivity index (χ1v) is 33.2. The fourth-order valence-corrected chi connectivity index (χ4v) is 15.0. The van der Waals surface area contributed by atoms with Crippen molar-refractivity contribution in [2.75, 3.05) is 9.80 Å². The zero-order chi connectivity index (χ0) is 64.4. The number of nitrogens with zero attached hydrogens (tertiary/aromatic N) is 2. The Bertz CT molecular complexity index is 6540. The third-order valence-corrected chi connectivity index (χ3v) is 19.9. The van der Waals surface area contributed by atoms with Crippen LogP contribution in [-0.4, -0.2) is 0 Å². The number of furan rings is 4. The minimum atomic E-state index is 0.855. The first-order valence-electron chi connectivity index (χ1n) is 33.2. The minimum Gasteiger partial charge on any atom is -0.456 e. The lowest BCUT2D eigenvalue weighted by molar-refractivity contribution is 0.668. The molecule has 98 heavy (non-hydrogen) atoms. The lowest BCUT2D eigenvalue weighted by Gasteiger charge is -2.27. The highest BCUT2D eigenvalue weighted by Crippen LogP contribution is 2.46. The minimum absolute atomic E-state index is 0.855. The van der Waals surface area contributed by atoms with Gasteiger partial charge >= 0.3 is 0 Å². The summed E-state index contributed by atoms with van der Waals surface area (Å²) in [5, 5.41) is 13.5. The largest absolute Gasteiger partial charge is 0.456 e. The van der Waals surface area contributed by atoms with Gasteiger partial charge in [0.05, 0.1) is 5.69 Å². The molecule has 16 aromatic carbocycles. The van der Waals surface area contributed by atoms with Crippen molar-refractivity contribution in [2.24, 2.45) is 0 Å². The van der Waals surface area contributed by atoms with Crippen molar-refractivity contribution in [3.63, 3.8) is 0 Å². The fourth-order valence-electron chi connectivity index (χ4n) is 15.0. The van der Waals surface area contributed by atoms with Crippen LogP contribution < -0.4 is 9.80 Å². The molecule has 20 aromatic rings. The Morgan fingerprint density at radius 2 is 0.561 bits per heavy atom. The molecule has 0 aliphatic rings. The van der Waals surface area contributed by atoms with E-state index in [1.807, 2.05) is 42.5 Å². The Kier molecular flexibility index (Phi) is 12.6. The van der Waals surface area contributed by atoms with E-state index < -0.39 is 0 Å². The average molecular weight is 1250 g/mol. The molecule has 6 heteroatoms. The van der Waals surface area contributed by atoms with Gasteiger partial charge in [0.1, 0.15) is 44.7 Å². The molecule has 0 aliphatic heterocycles. The molecule has 0 aliphatic carbocycles. The molecule has 0 radical (unpaired) electrons. The zero-order valence-electron chi connectivity index (χ0n) is 52.9. The third-order valence-electron chi connectivity index (χ3n) is 19.9. The molecule has 6 nitrogen and oxygen atoms in total.